The highest BCUT2D eigenvalue weighted by atomic mass is 32.1. The normalized spacial score (nSPS) is 17.4. The molecule has 1 atom stereocenters. The molecule has 1 unspecified atom stereocenters. The van der Waals surface area contributed by atoms with Crippen molar-refractivity contribution in [2.75, 3.05) is 130 Å². The van der Waals surface area contributed by atoms with E-state index in [0.717, 1.165) is 50.5 Å². The number of ether oxygens (including phenoxy) is 3. The number of hydrogen-bond donors (Lipinski definition) is 4. The van der Waals surface area contributed by atoms with E-state index in [-0.39, 0.29) is 19.1 Å². The molecule has 17 heteroatoms. The predicted molar refractivity (Wildman–Crippen MR) is 192 cm³/mol. The van der Waals surface area contributed by atoms with Crippen LogP contribution >= 0.6 is 12.2 Å². The van der Waals surface area contributed by atoms with E-state index in [4.69, 9.17) is 32.0 Å². The number of anilines is 1. The Morgan fingerprint density at radius 1 is 0.857 bits per heavy atom. The predicted octanol–water partition coefficient (Wildman–Crippen LogP) is 1.67. The molecule has 0 bridgehead atoms. The van der Waals surface area contributed by atoms with Gasteiger partial charge in [0.2, 0.25) is 0 Å². The third-order valence-corrected chi connectivity index (χ3v) is 8.35. The number of rotatable bonds is 21. The van der Waals surface area contributed by atoms with Gasteiger partial charge in [0.1, 0.15) is 0 Å². The van der Waals surface area contributed by atoms with Crippen LogP contribution in [0.1, 0.15) is 19.4 Å². The van der Waals surface area contributed by atoms with E-state index in [1.54, 1.807) is 0 Å². The number of carboxylic acids is 2. The molecule has 1 saturated heterocycles. The molecule has 1 aromatic rings. The van der Waals surface area contributed by atoms with Crippen LogP contribution in [0, 0.1) is 0 Å². The molecule has 1 aliphatic heterocycles. The molecule has 0 aliphatic carbocycles. The van der Waals surface area contributed by atoms with Crippen LogP contribution in [0.2, 0.25) is 0 Å². The number of hydrogen-bond acceptors (Lipinski definition) is 11. The summed E-state index contributed by atoms with van der Waals surface area (Å²) in [4.78, 5) is 35.0. The van der Waals surface area contributed by atoms with Crippen molar-refractivity contribution in [3.05, 3.63) is 40.3 Å². The summed E-state index contributed by atoms with van der Waals surface area (Å²) in [7, 11) is 0. The second kappa shape index (κ2) is 25.8. The third kappa shape index (κ3) is 19.6. The molecule has 0 radical (unpaired) electrons. The van der Waals surface area contributed by atoms with Crippen LogP contribution in [-0.2, 0) is 30.2 Å². The number of likely N-dealkylation sites (N-methyl/N-ethyl adjacent to an activating group) is 2. The van der Waals surface area contributed by atoms with Gasteiger partial charge < -0.3 is 44.9 Å². The van der Waals surface area contributed by atoms with Gasteiger partial charge in [-0.3, -0.25) is 19.4 Å². The summed E-state index contributed by atoms with van der Waals surface area (Å²) < 4.78 is 16.2. The lowest BCUT2D eigenvalue weighted by molar-refractivity contribution is -0.141. The first-order chi connectivity index (χ1) is 23.7. The number of benzene rings is 1. The zero-order valence-corrected chi connectivity index (χ0v) is 29.8. The van der Waals surface area contributed by atoms with Crippen molar-refractivity contribution >= 4 is 35.0 Å². The van der Waals surface area contributed by atoms with Crippen molar-refractivity contribution in [1.29, 1.82) is 0 Å². The van der Waals surface area contributed by atoms with Crippen LogP contribution in [0.5, 0.6) is 0 Å². The Balaban J connectivity index is 1.91. The fourth-order valence-electron chi connectivity index (χ4n) is 5.39. The van der Waals surface area contributed by atoms with Crippen molar-refractivity contribution in [3.8, 4) is 0 Å². The Labute approximate surface area is 295 Å². The number of carboxylic acid groups (broad SMARTS) is 2. The van der Waals surface area contributed by atoms with Gasteiger partial charge in [0.05, 0.1) is 52.7 Å². The average molecular weight is 710 g/mol. The standard InChI is InChI=1S/C32H55N9O7S/c1-3-38-11-12-39(4-2)15-16-41(26-31(44)45)29(24-40(14-13-38)25-30(42)43)23-27-5-7-28(8-6-27)36-32(49)34-9-17-46-19-21-48-22-20-47-18-10-35-37-33/h5-8,29H,3-4,9-26H2,1-2H3,(H,42,43)(H,44,45)(H2,34,36,49). The maximum atomic E-state index is 12.0. The number of nitrogens with one attached hydrogen (secondary N) is 2. The quantitative estimate of drug-likeness (QED) is 0.0475. The molecule has 0 aromatic heterocycles. The molecule has 1 heterocycles. The van der Waals surface area contributed by atoms with Gasteiger partial charge in [-0.1, -0.05) is 31.1 Å². The highest BCUT2D eigenvalue weighted by Gasteiger charge is 2.26. The topological polar surface area (TPSA) is 188 Å². The molecule has 4 N–H and O–H groups in total. The zero-order chi connectivity index (χ0) is 35.7. The van der Waals surface area contributed by atoms with Gasteiger partial charge >= 0.3 is 11.9 Å². The molecule has 0 saturated carbocycles. The van der Waals surface area contributed by atoms with Crippen LogP contribution in [-0.4, -0.2) is 178 Å². The van der Waals surface area contributed by atoms with E-state index in [2.05, 4.69) is 44.3 Å². The first-order valence-corrected chi connectivity index (χ1v) is 17.4. The molecule has 1 fully saturated rings. The van der Waals surface area contributed by atoms with Gasteiger partial charge in [-0.05, 0) is 55.0 Å². The summed E-state index contributed by atoms with van der Waals surface area (Å²) in [6.45, 7) is 14.0. The Bertz CT molecular complexity index is 1140. The van der Waals surface area contributed by atoms with E-state index in [1.807, 2.05) is 34.1 Å². The first kappa shape index (κ1) is 42.0. The number of aliphatic carboxylic acids is 2. The van der Waals surface area contributed by atoms with Crippen molar-refractivity contribution in [2.45, 2.75) is 26.3 Å². The van der Waals surface area contributed by atoms with Gasteiger partial charge in [-0.2, -0.15) is 0 Å². The van der Waals surface area contributed by atoms with E-state index in [9.17, 15) is 19.8 Å². The molecule has 49 heavy (non-hydrogen) atoms. The Morgan fingerprint density at radius 3 is 1.98 bits per heavy atom. The lowest BCUT2D eigenvalue weighted by Gasteiger charge is -2.37. The van der Waals surface area contributed by atoms with Crippen LogP contribution in [0.4, 0.5) is 5.69 Å². The fraction of sp³-hybridized carbons (Fsp3) is 0.719. The first-order valence-electron chi connectivity index (χ1n) is 17.0. The van der Waals surface area contributed by atoms with Crippen molar-refractivity contribution in [2.24, 2.45) is 5.11 Å². The minimum atomic E-state index is -0.900. The molecule has 1 aromatic carbocycles. The molecular formula is C32H55N9O7S. The van der Waals surface area contributed by atoms with Gasteiger partial charge in [-0.25, -0.2) is 0 Å². The van der Waals surface area contributed by atoms with Crippen LogP contribution in [0.15, 0.2) is 29.4 Å². The molecule has 0 spiro atoms. The minimum absolute atomic E-state index is 0.0974. The Kier molecular flexibility index (Phi) is 22.1. The van der Waals surface area contributed by atoms with Crippen molar-refractivity contribution < 1.29 is 34.0 Å². The van der Waals surface area contributed by atoms with E-state index in [1.165, 1.54) is 0 Å². The smallest absolute Gasteiger partial charge is 0.317 e. The summed E-state index contributed by atoms with van der Waals surface area (Å²) in [5, 5.41) is 29.6. The summed E-state index contributed by atoms with van der Waals surface area (Å²) in [6, 6.07) is 7.66. The summed E-state index contributed by atoms with van der Waals surface area (Å²) in [6.07, 6.45) is 0.571. The Morgan fingerprint density at radius 2 is 1.41 bits per heavy atom. The SMILES string of the molecule is CCN1CCN(CC)CCN(CC(=O)O)C(Cc2ccc(NC(=S)NCCOCCOCCOCCN=[N+]=[N-])cc2)CN(CC(=O)O)CC1. The summed E-state index contributed by atoms with van der Waals surface area (Å²) >= 11 is 5.43. The number of nitrogens with zero attached hydrogens (tertiary/aromatic N) is 7. The molecule has 2 rings (SSSR count). The molecule has 276 valence electrons. The van der Waals surface area contributed by atoms with Gasteiger partial charge in [0.15, 0.2) is 5.11 Å². The van der Waals surface area contributed by atoms with E-state index < -0.39 is 11.9 Å². The van der Waals surface area contributed by atoms with Gasteiger partial charge in [0.25, 0.3) is 0 Å². The van der Waals surface area contributed by atoms with E-state index >= 15 is 0 Å². The monoisotopic (exact) mass is 709 g/mol. The molecule has 0 amide bonds. The fourth-order valence-corrected chi connectivity index (χ4v) is 5.61. The average Bonchev–Trinajstić information content (AvgIpc) is 3.07. The van der Waals surface area contributed by atoms with Crippen molar-refractivity contribution in [3.63, 3.8) is 0 Å². The summed E-state index contributed by atoms with van der Waals surface area (Å²) in [5.41, 5.74) is 10.0. The molecule has 1 aliphatic rings. The minimum Gasteiger partial charge on any atom is -0.480 e. The number of azide groups is 1. The molecule has 16 nitrogen and oxygen atoms in total. The van der Waals surface area contributed by atoms with Gasteiger partial charge in [-0.15, -0.1) is 0 Å². The zero-order valence-electron chi connectivity index (χ0n) is 29.0. The maximum Gasteiger partial charge on any atom is 0.317 e. The number of carbonyl (C=O) groups is 2. The third-order valence-electron chi connectivity index (χ3n) is 8.10. The van der Waals surface area contributed by atoms with Crippen LogP contribution in [0.25, 0.3) is 10.4 Å². The van der Waals surface area contributed by atoms with Crippen LogP contribution in [0.3, 0.4) is 0 Å². The van der Waals surface area contributed by atoms with E-state index in [0.29, 0.717) is 83.9 Å². The number of thiocarbonyl (C=S) groups is 1. The van der Waals surface area contributed by atoms with Gasteiger partial charge in [0, 0.05) is 75.5 Å². The highest BCUT2D eigenvalue weighted by molar-refractivity contribution is 7.80. The Hall–Kier alpha value is -3.12. The lowest BCUT2D eigenvalue weighted by Crippen LogP contribution is -2.52. The highest BCUT2D eigenvalue weighted by Crippen LogP contribution is 2.16. The van der Waals surface area contributed by atoms with Crippen molar-refractivity contribution in [1.82, 2.24) is 24.9 Å². The second-order valence-corrected chi connectivity index (χ2v) is 12.0. The lowest BCUT2D eigenvalue weighted by atomic mass is 10.0. The maximum absolute atomic E-state index is 12.0. The largest absolute Gasteiger partial charge is 0.480 e. The second-order valence-electron chi connectivity index (χ2n) is 11.6. The molecular weight excluding hydrogens is 654 g/mol. The summed E-state index contributed by atoms with van der Waals surface area (Å²) in [5.74, 6) is -1.79. The van der Waals surface area contributed by atoms with Crippen LogP contribution < -0.4 is 10.6 Å².